The lowest BCUT2D eigenvalue weighted by atomic mass is 10.0. The van der Waals surface area contributed by atoms with Gasteiger partial charge in [-0.1, -0.05) is 97.1 Å². The van der Waals surface area contributed by atoms with Crippen molar-refractivity contribution in [3.63, 3.8) is 0 Å². The first-order valence-corrected chi connectivity index (χ1v) is 14.5. The fraction of sp³-hybridized carbons (Fsp3) is 0.0263. The Morgan fingerprint density at radius 2 is 1.37 bits per heavy atom. The van der Waals surface area contributed by atoms with Gasteiger partial charge in [-0.05, 0) is 42.5 Å². The van der Waals surface area contributed by atoms with E-state index in [9.17, 15) is 0 Å². The van der Waals surface area contributed by atoms with Gasteiger partial charge in [0.25, 0.3) is 0 Å². The van der Waals surface area contributed by atoms with Crippen molar-refractivity contribution in [2.45, 2.75) is 6.23 Å². The van der Waals surface area contributed by atoms with Crippen LogP contribution in [-0.4, -0.2) is 14.0 Å². The van der Waals surface area contributed by atoms with E-state index < -0.39 is 0 Å². The van der Waals surface area contributed by atoms with Crippen LogP contribution in [0.2, 0.25) is 0 Å². The molecular weight excluding hydrogens is 528 g/mol. The molecule has 1 N–H and O–H groups in total. The van der Waals surface area contributed by atoms with Gasteiger partial charge in [-0.2, -0.15) is 0 Å². The van der Waals surface area contributed by atoms with Crippen LogP contribution in [0.3, 0.4) is 0 Å². The first-order valence-electron chi connectivity index (χ1n) is 14.5. The van der Waals surface area contributed by atoms with Crippen molar-refractivity contribution in [2.75, 3.05) is 5.32 Å². The van der Waals surface area contributed by atoms with Crippen molar-refractivity contribution >= 4 is 33.1 Å². The average molecular weight is 555 g/mol. The summed E-state index contributed by atoms with van der Waals surface area (Å²) in [5.41, 5.74) is 10.7. The van der Waals surface area contributed by atoms with E-state index in [1.165, 1.54) is 5.39 Å². The molecule has 5 nitrogen and oxygen atoms in total. The Labute approximate surface area is 248 Å². The Morgan fingerprint density at radius 1 is 0.628 bits per heavy atom. The summed E-state index contributed by atoms with van der Waals surface area (Å²) < 4.78 is 11.1. The number of nitrogens with zero attached hydrogens (tertiary/aromatic N) is 3. The van der Waals surface area contributed by atoms with Gasteiger partial charge in [-0.15, -0.1) is 0 Å². The Kier molecular flexibility index (Phi) is 5.19. The summed E-state index contributed by atoms with van der Waals surface area (Å²) in [5, 5.41) is 5.86. The Hall–Kier alpha value is -5.81. The molecule has 0 radical (unpaired) electrons. The predicted octanol–water partition coefficient (Wildman–Crippen LogP) is 9.27. The van der Waals surface area contributed by atoms with E-state index in [-0.39, 0.29) is 6.23 Å². The quantitative estimate of drug-likeness (QED) is 0.236. The third kappa shape index (κ3) is 3.68. The lowest BCUT2D eigenvalue weighted by molar-refractivity contribution is 0.263. The normalized spacial score (nSPS) is 14.2. The number of pyridine rings is 1. The van der Waals surface area contributed by atoms with Crippen molar-refractivity contribution < 1.29 is 4.74 Å². The zero-order valence-corrected chi connectivity index (χ0v) is 23.2. The number of anilines is 1. The molecule has 0 saturated heterocycles. The zero-order chi connectivity index (χ0) is 28.3. The molecule has 0 aliphatic carbocycles. The lowest BCUT2D eigenvalue weighted by Gasteiger charge is -2.11. The molecule has 1 aliphatic heterocycles. The van der Waals surface area contributed by atoms with Gasteiger partial charge < -0.3 is 14.6 Å². The molecule has 4 heterocycles. The number of rotatable bonds is 4. The van der Waals surface area contributed by atoms with Crippen LogP contribution in [0.1, 0.15) is 11.8 Å². The summed E-state index contributed by atoms with van der Waals surface area (Å²) in [4.78, 5) is 5.01. The van der Waals surface area contributed by atoms with Crippen LogP contribution < -0.4 is 10.1 Å². The van der Waals surface area contributed by atoms with Crippen molar-refractivity contribution in [1.29, 1.82) is 0 Å². The number of aromatic nitrogens is 3. The van der Waals surface area contributed by atoms with Crippen LogP contribution in [0.25, 0.3) is 55.7 Å². The molecule has 204 valence electrons. The molecule has 3 aromatic heterocycles. The van der Waals surface area contributed by atoms with Crippen molar-refractivity contribution in [3.05, 3.63) is 151 Å². The molecule has 5 aromatic carbocycles. The van der Waals surface area contributed by atoms with Crippen LogP contribution in [-0.2, 0) is 0 Å². The van der Waals surface area contributed by atoms with E-state index in [0.717, 1.165) is 67.3 Å². The highest BCUT2D eigenvalue weighted by Crippen LogP contribution is 2.47. The monoisotopic (exact) mass is 554 g/mol. The second-order valence-electron chi connectivity index (χ2n) is 10.9. The first-order chi connectivity index (χ1) is 21.3. The summed E-state index contributed by atoms with van der Waals surface area (Å²) in [7, 11) is 0. The molecule has 8 aromatic rings. The number of fused-ring (bicyclic) bond motifs is 6. The number of para-hydroxylation sites is 1. The topological polar surface area (TPSA) is 43.5 Å². The third-order valence-corrected chi connectivity index (χ3v) is 8.39. The minimum absolute atomic E-state index is 0.215. The number of imidazole rings is 1. The summed E-state index contributed by atoms with van der Waals surface area (Å²) in [6.07, 6.45) is 1.87. The molecule has 1 unspecified atom stereocenters. The number of hydrogen-bond donors (Lipinski definition) is 1. The van der Waals surface area contributed by atoms with Gasteiger partial charge in [0.2, 0.25) is 0 Å². The summed E-state index contributed by atoms with van der Waals surface area (Å²) >= 11 is 0. The van der Waals surface area contributed by atoms with Gasteiger partial charge in [-0.3, -0.25) is 4.40 Å². The van der Waals surface area contributed by atoms with Crippen LogP contribution in [0.4, 0.5) is 5.69 Å². The maximum atomic E-state index is 6.59. The molecule has 9 rings (SSSR count). The minimum atomic E-state index is -0.215. The molecule has 0 amide bonds. The first kappa shape index (κ1) is 23.9. The standard InChI is InChI=1S/C38H26N4O/c1-3-11-25(12-4-1)35-36(41-24-10-9-17-33(41)40-35)26-18-20-28(21-19-26)42-31-16-8-7-15-29(31)34-32(42)23-22-30-37(34)43-38(39-30)27-13-5-2-6-14-27/h1-24,38-39H. The highest BCUT2D eigenvalue weighted by Gasteiger charge is 2.28. The maximum Gasteiger partial charge on any atom is 0.196 e. The number of hydrogen-bond acceptors (Lipinski definition) is 3. The summed E-state index contributed by atoms with van der Waals surface area (Å²) in [5.74, 6) is 0.899. The molecule has 0 bridgehead atoms. The van der Waals surface area contributed by atoms with E-state index >= 15 is 0 Å². The smallest absolute Gasteiger partial charge is 0.196 e. The second-order valence-corrected chi connectivity index (χ2v) is 10.9. The zero-order valence-electron chi connectivity index (χ0n) is 23.2. The van der Waals surface area contributed by atoms with Gasteiger partial charge in [0.05, 0.1) is 33.5 Å². The van der Waals surface area contributed by atoms with Gasteiger partial charge in [0.1, 0.15) is 5.65 Å². The van der Waals surface area contributed by atoms with Gasteiger partial charge in [0.15, 0.2) is 12.0 Å². The van der Waals surface area contributed by atoms with Gasteiger partial charge in [0, 0.05) is 34.0 Å². The van der Waals surface area contributed by atoms with E-state index in [1.54, 1.807) is 0 Å². The maximum absolute atomic E-state index is 6.59. The predicted molar refractivity (Wildman–Crippen MR) is 174 cm³/mol. The van der Waals surface area contributed by atoms with Crippen molar-refractivity contribution in [3.8, 4) is 34.0 Å². The molecule has 43 heavy (non-hydrogen) atoms. The molecule has 5 heteroatoms. The van der Waals surface area contributed by atoms with Crippen LogP contribution in [0, 0.1) is 0 Å². The van der Waals surface area contributed by atoms with Crippen LogP contribution in [0.15, 0.2) is 146 Å². The van der Waals surface area contributed by atoms with E-state index in [1.807, 2.05) is 30.3 Å². The largest absolute Gasteiger partial charge is 0.464 e. The SMILES string of the molecule is c1ccc(-c2nc3ccccn3c2-c2ccc(-n3c4ccccc4c4c5c(ccc43)NC(c3ccccc3)O5)cc2)cc1. The van der Waals surface area contributed by atoms with Crippen molar-refractivity contribution in [2.24, 2.45) is 0 Å². The second kappa shape index (κ2) is 9.36. The molecule has 0 saturated carbocycles. The van der Waals surface area contributed by atoms with E-state index in [4.69, 9.17) is 9.72 Å². The fourth-order valence-corrected chi connectivity index (χ4v) is 6.45. The average Bonchev–Trinajstić information content (AvgIpc) is 3.77. The van der Waals surface area contributed by atoms with Crippen LogP contribution in [0.5, 0.6) is 5.75 Å². The van der Waals surface area contributed by atoms with E-state index in [2.05, 4.69) is 130 Å². The third-order valence-electron chi connectivity index (χ3n) is 8.39. The van der Waals surface area contributed by atoms with Gasteiger partial charge >= 0.3 is 0 Å². The number of nitrogens with one attached hydrogen (secondary N) is 1. The molecule has 0 spiro atoms. The number of benzene rings is 5. The molecule has 1 atom stereocenters. The van der Waals surface area contributed by atoms with Crippen molar-refractivity contribution in [1.82, 2.24) is 14.0 Å². The highest BCUT2D eigenvalue weighted by atomic mass is 16.5. The number of ether oxygens (including phenoxy) is 1. The lowest BCUT2D eigenvalue weighted by Crippen LogP contribution is -2.09. The Morgan fingerprint density at radius 3 is 2.21 bits per heavy atom. The Balaban J connectivity index is 1.19. The highest BCUT2D eigenvalue weighted by molar-refractivity contribution is 6.14. The van der Waals surface area contributed by atoms with E-state index in [0.29, 0.717) is 0 Å². The summed E-state index contributed by atoms with van der Waals surface area (Å²) in [6, 6.07) is 48.6. The summed E-state index contributed by atoms with van der Waals surface area (Å²) in [6.45, 7) is 0. The minimum Gasteiger partial charge on any atom is -0.464 e. The Bertz CT molecular complexity index is 2280. The fourth-order valence-electron chi connectivity index (χ4n) is 6.45. The molecular formula is C38H26N4O. The van der Waals surface area contributed by atoms with Crippen LogP contribution >= 0.6 is 0 Å². The van der Waals surface area contributed by atoms with Gasteiger partial charge in [-0.25, -0.2) is 4.98 Å². The molecule has 1 aliphatic rings. The molecule has 0 fully saturated rings.